The van der Waals surface area contributed by atoms with E-state index in [1.165, 1.54) is 25.2 Å². The first-order chi connectivity index (χ1) is 10.5. The second-order valence-electron chi connectivity index (χ2n) is 4.97. The van der Waals surface area contributed by atoms with Gasteiger partial charge in [-0.2, -0.15) is 8.78 Å². The number of likely N-dealkylation sites (N-methyl/N-ethyl adjacent to an activating group) is 1. The molecule has 2 rings (SSSR count). The molecule has 1 atom stereocenters. The van der Waals surface area contributed by atoms with Crippen LogP contribution in [0.2, 0.25) is 0 Å². The van der Waals surface area contributed by atoms with Gasteiger partial charge in [-0.1, -0.05) is 24.3 Å². The Balaban J connectivity index is 2.28. The van der Waals surface area contributed by atoms with Gasteiger partial charge < -0.3 is 14.8 Å². The van der Waals surface area contributed by atoms with E-state index in [9.17, 15) is 13.6 Å². The molecule has 22 heavy (non-hydrogen) atoms. The van der Waals surface area contributed by atoms with Gasteiger partial charge in [0.1, 0.15) is 23.8 Å². The molecule has 0 radical (unpaired) electrons. The van der Waals surface area contributed by atoms with Gasteiger partial charge in [-0.15, -0.1) is 0 Å². The van der Waals surface area contributed by atoms with Gasteiger partial charge in [0.2, 0.25) is 0 Å². The molecule has 0 amide bonds. The normalized spacial score (nSPS) is 12.7. The van der Waals surface area contributed by atoms with Crippen LogP contribution in [0.1, 0.15) is 11.1 Å². The topological polar surface area (TPSA) is 38.3 Å². The highest BCUT2D eigenvalue weighted by atomic mass is 19.3. The number of halogens is 2. The van der Waals surface area contributed by atoms with Gasteiger partial charge in [0, 0.05) is 5.56 Å². The molecule has 116 valence electrons. The van der Waals surface area contributed by atoms with E-state index in [1.807, 2.05) is 25.1 Å². The maximum atomic E-state index is 14.3. The third-order valence-corrected chi connectivity index (χ3v) is 3.28. The lowest BCUT2D eigenvalue weighted by molar-refractivity contribution is -0.120. The molecule has 2 aromatic rings. The predicted molar refractivity (Wildman–Crippen MR) is 80.5 cm³/mol. The highest BCUT2D eigenvalue weighted by Crippen LogP contribution is 2.34. The monoisotopic (exact) mass is 305 g/mol. The van der Waals surface area contributed by atoms with Crippen LogP contribution in [0.5, 0.6) is 11.5 Å². The summed E-state index contributed by atoms with van der Waals surface area (Å²) in [4.78, 5) is 10.8. The Morgan fingerprint density at radius 1 is 1.14 bits per heavy atom. The SMILES string of the molecule is CNC(C=O)C(F)(F)c1cccc(Oc2cccc(C)c2)c1. The summed E-state index contributed by atoms with van der Waals surface area (Å²) in [6.07, 6.45) is 0.202. The van der Waals surface area contributed by atoms with Crippen LogP contribution in [-0.4, -0.2) is 19.4 Å². The molecule has 3 nitrogen and oxygen atoms in total. The second kappa shape index (κ2) is 6.66. The molecule has 5 heteroatoms. The summed E-state index contributed by atoms with van der Waals surface area (Å²) in [5.41, 5.74) is 0.735. The Kier molecular flexibility index (Phi) is 4.88. The summed E-state index contributed by atoms with van der Waals surface area (Å²) in [5.74, 6) is -2.45. The number of carbonyl (C=O) groups excluding carboxylic acids is 1. The molecule has 0 bridgehead atoms. The number of ether oxygens (including phenoxy) is 1. The summed E-state index contributed by atoms with van der Waals surface area (Å²) in [7, 11) is 1.32. The molecule has 0 aromatic heterocycles. The lowest BCUT2D eigenvalue weighted by Gasteiger charge is -2.22. The first kappa shape index (κ1) is 16.1. The molecule has 2 aromatic carbocycles. The Labute approximate surface area is 127 Å². The number of hydrogen-bond acceptors (Lipinski definition) is 3. The molecule has 0 fully saturated rings. The van der Waals surface area contributed by atoms with E-state index < -0.39 is 12.0 Å². The standard InChI is InChI=1S/C17H17F2NO2/c1-12-5-3-7-14(9-12)22-15-8-4-6-13(10-15)17(18,19)16(11-21)20-2/h3-11,16,20H,1-2H3. The van der Waals surface area contributed by atoms with Crippen LogP contribution in [0.15, 0.2) is 48.5 Å². The Bertz CT molecular complexity index is 659. The smallest absolute Gasteiger partial charge is 0.295 e. The summed E-state index contributed by atoms with van der Waals surface area (Å²) in [5, 5.41) is 2.31. The molecule has 0 saturated heterocycles. The summed E-state index contributed by atoms with van der Waals surface area (Å²) < 4.78 is 34.1. The van der Waals surface area contributed by atoms with Crippen LogP contribution in [0.3, 0.4) is 0 Å². The minimum atomic E-state index is -3.32. The van der Waals surface area contributed by atoms with Crippen molar-refractivity contribution >= 4 is 6.29 Å². The predicted octanol–water partition coefficient (Wildman–Crippen LogP) is 3.67. The largest absolute Gasteiger partial charge is 0.457 e. The number of benzene rings is 2. The molecule has 0 aliphatic rings. The van der Waals surface area contributed by atoms with Gasteiger partial charge in [0.15, 0.2) is 0 Å². The van der Waals surface area contributed by atoms with E-state index in [1.54, 1.807) is 12.1 Å². The fourth-order valence-corrected chi connectivity index (χ4v) is 2.10. The van der Waals surface area contributed by atoms with E-state index in [0.29, 0.717) is 11.5 Å². The number of aldehydes is 1. The van der Waals surface area contributed by atoms with Crippen molar-refractivity contribution in [3.63, 3.8) is 0 Å². The number of rotatable bonds is 6. The average Bonchev–Trinajstić information content (AvgIpc) is 2.48. The van der Waals surface area contributed by atoms with E-state index in [2.05, 4.69) is 5.32 Å². The molecule has 1 unspecified atom stereocenters. The zero-order chi connectivity index (χ0) is 16.2. The molecule has 0 saturated carbocycles. The Morgan fingerprint density at radius 3 is 2.36 bits per heavy atom. The summed E-state index contributed by atoms with van der Waals surface area (Å²) in [6.45, 7) is 1.92. The number of hydrogen-bond donors (Lipinski definition) is 1. The van der Waals surface area contributed by atoms with Crippen LogP contribution >= 0.6 is 0 Å². The number of alkyl halides is 2. The first-order valence-electron chi connectivity index (χ1n) is 6.83. The highest BCUT2D eigenvalue weighted by molar-refractivity contribution is 5.60. The van der Waals surface area contributed by atoms with Gasteiger partial charge in [-0.05, 0) is 43.8 Å². The summed E-state index contributed by atoms with van der Waals surface area (Å²) >= 11 is 0. The fourth-order valence-electron chi connectivity index (χ4n) is 2.10. The van der Waals surface area contributed by atoms with Gasteiger partial charge in [0.25, 0.3) is 5.92 Å². The molecule has 1 N–H and O–H groups in total. The summed E-state index contributed by atoms with van der Waals surface area (Å²) in [6, 6.07) is 11.3. The van der Waals surface area contributed by atoms with Crippen molar-refractivity contribution in [1.29, 1.82) is 0 Å². The maximum absolute atomic E-state index is 14.3. The van der Waals surface area contributed by atoms with E-state index >= 15 is 0 Å². The minimum Gasteiger partial charge on any atom is -0.457 e. The van der Waals surface area contributed by atoms with Crippen molar-refractivity contribution in [2.45, 2.75) is 18.9 Å². The zero-order valence-electron chi connectivity index (χ0n) is 12.3. The fraction of sp³-hybridized carbons (Fsp3) is 0.235. The molecular weight excluding hydrogens is 288 g/mol. The number of aryl methyl sites for hydroxylation is 1. The Morgan fingerprint density at radius 2 is 1.77 bits per heavy atom. The lowest BCUT2D eigenvalue weighted by atomic mass is 10.0. The van der Waals surface area contributed by atoms with E-state index in [4.69, 9.17) is 4.74 Å². The van der Waals surface area contributed by atoms with Crippen molar-refractivity contribution in [2.24, 2.45) is 0 Å². The van der Waals surface area contributed by atoms with Gasteiger partial charge in [-0.3, -0.25) is 0 Å². The zero-order valence-corrected chi connectivity index (χ0v) is 12.3. The van der Waals surface area contributed by atoms with E-state index in [0.717, 1.165) is 5.56 Å². The van der Waals surface area contributed by atoms with Crippen molar-refractivity contribution < 1.29 is 18.3 Å². The van der Waals surface area contributed by atoms with Crippen LogP contribution in [0.4, 0.5) is 8.78 Å². The van der Waals surface area contributed by atoms with Crippen LogP contribution < -0.4 is 10.1 Å². The van der Waals surface area contributed by atoms with Crippen molar-refractivity contribution in [3.05, 3.63) is 59.7 Å². The van der Waals surface area contributed by atoms with Gasteiger partial charge in [0.05, 0.1) is 0 Å². The third-order valence-electron chi connectivity index (χ3n) is 3.28. The number of carbonyl (C=O) groups is 1. The van der Waals surface area contributed by atoms with Gasteiger partial charge in [-0.25, -0.2) is 0 Å². The van der Waals surface area contributed by atoms with Gasteiger partial charge >= 0.3 is 0 Å². The molecule has 0 spiro atoms. The molecule has 0 aliphatic heterocycles. The average molecular weight is 305 g/mol. The number of nitrogens with one attached hydrogen (secondary N) is 1. The van der Waals surface area contributed by atoms with Crippen molar-refractivity contribution in [2.75, 3.05) is 7.05 Å². The molecule has 0 aliphatic carbocycles. The van der Waals surface area contributed by atoms with Crippen LogP contribution in [0.25, 0.3) is 0 Å². The third kappa shape index (κ3) is 3.49. The first-order valence-corrected chi connectivity index (χ1v) is 6.83. The Hall–Kier alpha value is -2.27. The quantitative estimate of drug-likeness (QED) is 0.828. The molecule has 0 heterocycles. The minimum absolute atomic E-state index is 0.202. The highest BCUT2D eigenvalue weighted by Gasteiger charge is 2.40. The lowest BCUT2D eigenvalue weighted by Crippen LogP contribution is -2.42. The maximum Gasteiger partial charge on any atom is 0.295 e. The second-order valence-corrected chi connectivity index (χ2v) is 4.97. The van der Waals surface area contributed by atoms with Crippen molar-refractivity contribution in [1.82, 2.24) is 5.32 Å². The van der Waals surface area contributed by atoms with Crippen LogP contribution in [0, 0.1) is 6.92 Å². The van der Waals surface area contributed by atoms with E-state index in [-0.39, 0.29) is 11.8 Å². The molecular formula is C17H17F2NO2. The van der Waals surface area contributed by atoms with Crippen LogP contribution in [-0.2, 0) is 10.7 Å². The van der Waals surface area contributed by atoms with Crippen molar-refractivity contribution in [3.8, 4) is 11.5 Å².